The van der Waals surface area contributed by atoms with Crippen molar-refractivity contribution in [2.75, 3.05) is 23.9 Å². The minimum atomic E-state index is -0.681. The van der Waals surface area contributed by atoms with Gasteiger partial charge >= 0.3 is 0 Å². The first-order valence-corrected chi connectivity index (χ1v) is 11.6. The summed E-state index contributed by atoms with van der Waals surface area (Å²) in [7, 11) is 0. The predicted octanol–water partition coefficient (Wildman–Crippen LogP) is 4.96. The van der Waals surface area contributed by atoms with E-state index >= 15 is 0 Å². The Morgan fingerprint density at radius 1 is 1.00 bits per heavy atom. The molecule has 32 heavy (non-hydrogen) atoms. The summed E-state index contributed by atoms with van der Waals surface area (Å²) >= 11 is 1.61. The first kappa shape index (κ1) is 23.3. The van der Waals surface area contributed by atoms with Crippen LogP contribution < -0.4 is 20.1 Å². The van der Waals surface area contributed by atoms with Crippen LogP contribution in [0.15, 0.2) is 71.3 Å². The van der Waals surface area contributed by atoms with Crippen LogP contribution in [-0.2, 0) is 4.79 Å². The maximum absolute atomic E-state index is 12.8. The molecule has 0 bridgehead atoms. The van der Waals surface area contributed by atoms with E-state index in [1.807, 2.05) is 37.4 Å². The number of hydrogen-bond donors (Lipinski definition) is 2. The number of ether oxygens (including phenoxy) is 2. The summed E-state index contributed by atoms with van der Waals surface area (Å²) in [6.07, 6.45) is 3.87. The molecule has 0 saturated carbocycles. The highest BCUT2D eigenvalue weighted by Gasteiger charge is 2.22. The van der Waals surface area contributed by atoms with Crippen molar-refractivity contribution in [1.29, 1.82) is 0 Å². The molecule has 0 spiro atoms. The summed E-state index contributed by atoms with van der Waals surface area (Å²) in [4.78, 5) is 25.1. The number of benzene rings is 2. The van der Waals surface area contributed by atoms with E-state index in [1.54, 1.807) is 48.2 Å². The van der Waals surface area contributed by atoms with Gasteiger partial charge in [0.2, 0.25) is 5.91 Å². The van der Waals surface area contributed by atoms with Gasteiger partial charge < -0.3 is 24.5 Å². The van der Waals surface area contributed by atoms with Crippen molar-refractivity contribution < 1.29 is 23.5 Å². The molecule has 0 aliphatic heterocycles. The quantitative estimate of drug-likeness (QED) is 0.426. The number of furan rings is 1. The molecule has 1 atom stereocenters. The van der Waals surface area contributed by atoms with Gasteiger partial charge in [0.05, 0.1) is 12.9 Å². The van der Waals surface area contributed by atoms with Crippen molar-refractivity contribution in [2.45, 2.75) is 19.4 Å². The molecule has 0 aliphatic carbocycles. The molecule has 7 nitrogen and oxygen atoms in total. The van der Waals surface area contributed by atoms with Gasteiger partial charge in [0.1, 0.15) is 23.3 Å². The highest BCUT2D eigenvalue weighted by molar-refractivity contribution is 7.98. The molecule has 1 heterocycles. The van der Waals surface area contributed by atoms with Crippen LogP contribution in [0, 0.1) is 0 Å². The zero-order valence-electron chi connectivity index (χ0n) is 18.0. The molecular weight excluding hydrogens is 428 g/mol. The fourth-order valence-corrected chi connectivity index (χ4v) is 3.36. The summed E-state index contributed by atoms with van der Waals surface area (Å²) in [5.41, 5.74) is 0.607. The lowest BCUT2D eigenvalue weighted by molar-refractivity contribution is -0.118. The summed E-state index contributed by atoms with van der Waals surface area (Å²) in [5.74, 6) is 2.29. The first-order valence-electron chi connectivity index (χ1n) is 10.2. The fourth-order valence-electron chi connectivity index (χ4n) is 2.88. The molecule has 2 N–H and O–H groups in total. The molecule has 0 saturated heterocycles. The number of carbonyl (C=O) groups is 2. The number of nitrogens with one attached hydrogen (secondary N) is 2. The van der Waals surface area contributed by atoms with Gasteiger partial charge in [0.15, 0.2) is 5.76 Å². The third-order valence-electron chi connectivity index (χ3n) is 4.47. The Labute approximate surface area is 191 Å². The van der Waals surface area contributed by atoms with Crippen LogP contribution in [-0.4, -0.2) is 36.5 Å². The van der Waals surface area contributed by atoms with Crippen LogP contribution in [0.2, 0.25) is 0 Å². The highest BCUT2D eigenvalue weighted by Crippen LogP contribution is 2.25. The highest BCUT2D eigenvalue weighted by atomic mass is 32.2. The van der Waals surface area contributed by atoms with Gasteiger partial charge in [-0.05, 0) is 86.0 Å². The average molecular weight is 455 g/mol. The van der Waals surface area contributed by atoms with Crippen molar-refractivity contribution in [3.63, 3.8) is 0 Å². The van der Waals surface area contributed by atoms with Crippen molar-refractivity contribution in [3.05, 3.63) is 72.7 Å². The van der Waals surface area contributed by atoms with Gasteiger partial charge in [0, 0.05) is 5.69 Å². The minimum Gasteiger partial charge on any atom is -0.494 e. The normalized spacial score (nSPS) is 11.4. The van der Waals surface area contributed by atoms with Crippen LogP contribution in [0.4, 0.5) is 5.69 Å². The van der Waals surface area contributed by atoms with E-state index < -0.39 is 11.9 Å². The van der Waals surface area contributed by atoms with Gasteiger partial charge in [-0.15, -0.1) is 0 Å². The minimum absolute atomic E-state index is 0.169. The van der Waals surface area contributed by atoms with Gasteiger partial charge in [0.25, 0.3) is 5.91 Å². The monoisotopic (exact) mass is 454 g/mol. The zero-order valence-corrected chi connectivity index (χ0v) is 18.8. The molecule has 0 aliphatic rings. The van der Waals surface area contributed by atoms with E-state index in [0.717, 1.165) is 11.5 Å². The summed E-state index contributed by atoms with van der Waals surface area (Å²) in [6.45, 7) is 2.54. The second-order valence-corrected chi connectivity index (χ2v) is 7.79. The molecule has 2 aromatic carbocycles. The molecule has 0 radical (unpaired) electrons. The third-order valence-corrected chi connectivity index (χ3v) is 5.11. The van der Waals surface area contributed by atoms with Crippen LogP contribution in [0.25, 0.3) is 0 Å². The Morgan fingerprint density at radius 3 is 2.25 bits per heavy atom. The van der Waals surface area contributed by atoms with Crippen molar-refractivity contribution in [1.82, 2.24) is 5.32 Å². The van der Waals surface area contributed by atoms with Crippen molar-refractivity contribution in [3.8, 4) is 17.2 Å². The van der Waals surface area contributed by atoms with E-state index in [-0.39, 0.29) is 11.7 Å². The average Bonchev–Trinajstić information content (AvgIpc) is 3.34. The van der Waals surface area contributed by atoms with Gasteiger partial charge in [-0.2, -0.15) is 11.8 Å². The van der Waals surface area contributed by atoms with Crippen molar-refractivity contribution in [2.24, 2.45) is 0 Å². The number of hydrogen-bond acceptors (Lipinski definition) is 6. The maximum atomic E-state index is 12.8. The number of thioether (sulfide) groups is 1. The van der Waals surface area contributed by atoms with Gasteiger partial charge in [-0.1, -0.05) is 0 Å². The Kier molecular flexibility index (Phi) is 8.62. The molecule has 2 amide bonds. The van der Waals surface area contributed by atoms with E-state index in [9.17, 15) is 9.59 Å². The van der Waals surface area contributed by atoms with Gasteiger partial charge in [-0.25, -0.2) is 0 Å². The predicted molar refractivity (Wildman–Crippen MR) is 126 cm³/mol. The topological polar surface area (TPSA) is 89.8 Å². The lowest BCUT2D eigenvalue weighted by Crippen LogP contribution is -2.44. The molecule has 0 fully saturated rings. The summed E-state index contributed by atoms with van der Waals surface area (Å²) in [6, 6.07) is 16.9. The Hall–Kier alpha value is -3.39. The molecule has 3 aromatic rings. The molecular formula is C24H26N2O5S. The largest absolute Gasteiger partial charge is 0.494 e. The molecule has 8 heteroatoms. The lowest BCUT2D eigenvalue weighted by atomic mass is 10.2. The van der Waals surface area contributed by atoms with Gasteiger partial charge in [-0.3, -0.25) is 9.59 Å². The third kappa shape index (κ3) is 6.81. The van der Waals surface area contributed by atoms with E-state index in [4.69, 9.17) is 13.9 Å². The zero-order chi connectivity index (χ0) is 22.8. The lowest BCUT2D eigenvalue weighted by Gasteiger charge is -2.17. The SMILES string of the molecule is CCOc1ccc(Oc2ccc(NC(=O)C(CCSC)NC(=O)c3ccco3)cc2)cc1. The second-order valence-electron chi connectivity index (χ2n) is 6.80. The van der Waals surface area contributed by atoms with Crippen LogP contribution in [0.1, 0.15) is 23.9 Å². The van der Waals surface area contributed by atoms with Crippen LogP contribution >= 0.6 is 11.8 Å². The Morgan fingerprint density at radius 2 is 1.66 bits per heavy atom. The fraction of sp³-hybridized carbons (Fsp3) is 0.250. The number of amides is 2. The Balaban J connectivity index is 1.59. The second kappa shape index (κ2) is 11.9. The molecule has 1 unspecified atom stereocenters. The first-order chi connectivity index (χ1) is 15.6. The maximum Gasteiger partial charge on any atom is 0.287 e. The molecule has 168 valence electrons. The van der Waals surface area contributed by atoms with E-state index in [1.165, 1.54) is 6.26 Å². The summed E-state index contributed by atoms with van der Waals surface area (Å²) < 4.78 is 16.4. The van der Waals surface area contributed by atoms with Crippen molar-refractivity contribution >= 4 is 29.3 Å². The smallest absolute Gasteiger partial charge is 0.287 e. The summed E-state index contributed by atoms with van der Waals surface area (Å²) in [5, 5.41) is 5.59. The van der Waals surface area contributed by atoms with Crippen LogP contribution in [0.3, 0.4) is 0 Å². The standard InChI is InChI=1S/C24H26N2O5S/c1-3-29-18-10-12-20(13-11-18)31-19-8-6-17(7-9-19)25-23(27)21(14-16-32-2)26-24(28)22-5-4-15-30-22/h4-13,15,21H,3,14,16H2,1-2H3,(H,25,27)(H,26,28). The molecule has 3 rings (SSSR count). The van der Waals surface area contributed by atoms with E-state index in [2.05, 4.69) is 10.6 Å². The van der Waals surface area contributed by atoms with Crippen LogP contribution in [0.5, 0.6) is 17.2 Å². The van der Waals surface area contributed by atoms with E-state index in [0.29, 0.717) is 30.2 Å². The number of carbonyl (C=O) groups excluding carboxylic acids is 2. The number of rotatable bonds is 11. The Bertz CT molecular complexity index is 988. The number of anilines is 1. The molecule has 1 aromatic heterocycles.